The van der Waals surface area contributed by atoms with E-state index in [0.717, 1.165) is 23.2 Å². The summed E-state index contributed by atoms with van der Waals surface area (Å²) in [7, 11) is 0. The van der Waals surface area contributed by atoms with Gasteiger partial charge >= 0.3 is 0 Å². The van der Waals surface area contributed by atoms with Gasteiger partial charge < -0.3 is 4.90 Å². The van der Waals surface area contributed by atoms with Gasteiger partial charge in [0.05, 0.1) is 6.04 Å². The van der Waals surface area contributed by atoms with Gasteiger partial charge in [0.2, 0.25) is 0 Å². The minimum Gasteiger partial charge on any atom is -0.352 e. The number of benzene rings is 4. The molecule has 0 amide bonds. The van der Waals surface area contributed by atoms with Gasteiger partial charge in [-0.3, -0.25) is 14.4 Å². The van der Waals surface area contributed by atoms with Crippen molar-refractivity contribution in [2.45, 2.75) is 38.3 Å². The van der Waals surface area contributed by atoms with E-state index < -0.39 is 23.4 Å². The predicted molar refractivity (Wildman–Crippen MR) is 167 cm³/mol. The Morgan fingerprint density at radius 2 is 1.45 bits per heavy atom. The van der Waals surface area contributed by atoms with E-state index in [4.69, 9.17) is 11.6 Å². The molecule has 208 valence electrons. The van der Waals surface area contributed by atoms with Crippen LogP contribution in [0.3, 0.4) is 0 Å². The van der Waals surface area contributed by atoms with Crippen LogP contribution in [0.4, 0.5) is 5.69 Å². The van der Waals surface area contributed by atoms with Crippen LogP contribution in [-0.4, -0.2) is 29.4 Å². The Kier molecular flexibility index (Phi) is 6.29. The lowest BCUT2D eigenvalue weighted by atomic mass is 9.64. The lowest BCUT2D eigenvalue weighted by Crippen LogP contribution is -2.48. The minimum atomic E-state index is -1.51. The number of fused-ring (bicyclic) bond motifs is 5. The van der Waals surface area contributed by atoms with Crippen molar-refractivity contribution >= 4 is 40.7 Å². The van der Waals surface area contributed by atoms with Crippen LogP contribution in [0.15, 0.2) is 103 Å². The molecule has 0 unspecified atom stereocenters. The van der Waals surface area contributed by atoms with Crippen molar-refractivity contribution in [1.82, 2.24) is 0 Å². The summed E-state index contributed by atoms with van der Waals surface area (Å²) in [6.45, 7) is 4.34. The molecule has 1 saturated heterocycles. The summed E-state index contributed by atoms with van der Waals surface area (Å²) in [6, 6.07) is 28.5. The Morgan fingerprint density at radius 3 is 2.10 bits per heavy atom. The number of nitrogens with zero attached hydrogens (tertiary/aromatic N) is 1. The highest BCUT2D eigenvalue weighted by Crippen LogP contribution is 2.61. The van der Waals surface area contributed by atoms with Gasteiger partial charge in [-0.15, -0.1) is 0 Å². The third-order valence-corrected chi connectivity index (χ3v) is 9.35. The van der Waals surface area contributed by atoms with Crippen molar-refractivity contribution in [3.63, 3.8) is 0 Å². The molecule has 0 saturated carbocycles. The van der Waals surface area contributed by atoms with Crippen molar-refractivity contribution in [3.8, 4) is 0 Å². The number of ketones is 3. The SMILES string of the molecule is CC(C)Cc1ccc(C(=O)[C@H]2[C@H](c3ccc(Cl)cc3)C3(C(=O)c4ccccc4C3=O)[C@@H]3C=Cc4ccccc4N32)cc1. The fraction of sp³-hybridized carbons (Fsp3) is 0.216. The number of hydrogen-bond acceptors (Lipinski definition) is 4. The minimum absolute atomic E-state index is 0.116. The van der Waals surface area contributed by atoms with Gasteiger partial charge in [0.25, 0.3) is 0 Å². The normalized spacial score (nSPS) is 21.5. The van der Waals surface area contributed by atoms with Crippen molar-refractivity contribution in [2.75, 3.05) is 4.90 Å². The van der Waals surface area contributed by atoms with E-state index in [1.54, 1.807) is 36.4 Å². The highest BCUT2D eigenvalue weighted by Gasteiger charge is 2.71. The molecular weight excluding hydrogens is 542 g/mol. The summed E-state index contributed by atoms with van der Waals surface area (Å²) >= 11 is 6.31. The molecule has 4 aromatic carbocycles. The first-order chi connectivity index (χ1) is 20.3. The maximum Gasteiger partial charge on any atom is 0.185 e. The first-order valence-electron chi connectivity index (χ1n) is 14.4. The molecule has 7 rings (SSSR count). The Hall–Kier alpha value is -4.28. The molecule has 4 aromatic rings. The molecule has 0 bridgehead atoms. The van der Waals surface area contributed by atoms with Crippen molar-refractivity contribution in [3.05, 3.63) is 142 Å². The fourth-order valence-electron chi connectivity index (χ4n) is 7.41. The molecule has 0 radical (unpaired) electrons. The maximum absolute atomic E-state index is 14.8. The number of hydrogen-bond donors (Lipinski definition) is 0. The maximum atomic E-state index is 14.8. The van der Waals surface area contributed by atoms with Gasteiger partial charge in [-0.2, -0.15) is 0 Å². The third kappa shape index (κ3) is 3.78. The van der Waals surface area contributed by atoms with Crippen molar-refractivity contribution < 1.29 is 14.4 Å². The molecule has 1 fully saturated rings. The molecule has 1 aliphatic carbocycles. The van der Waals surface area contributed by atoms with E-state index >= 15 is 0 Å². The first kappa shape index (κ1) is 26.6. The van der Waals surface area contributed by atoms with Crippen molar-refractivity contribution in [1.29, 1.82) is 0 Å². The molecule has 2 aliphatic heterocycles. The van der Waals surface area contributed by atoms with Gasteiger partial charge in [0, 0.05) is 33.3 Å². The number of carbonyl (C=O) groups is 3. The first-order valence-corrected chi connectivity index (χ1v) is 14.8. The fourth-order valence-corrected chi connectivity index (χ4v) is 7.53. The van der Waals surface area contributed by atoms with Crippen LogP contribution in [0.25, 0.3) is 6.08 Å². The summed E-state index contributed by atoms with van der Waals surface area (Å²) in [6.07, 6.45) is 4.85. The summed E-state index contributed by atoms with van der Waals surface area (Å²) in [5, 5.41) is 0.546. The molecule has 1 spiro atoms. The Bertz CT molecular complexity index is 1730. The number of carbonyl (C=O) groups excluding carboxylic acids is 3. The second-order valence-electron chi connectivity index (χ2n) is 12.0. The molecule has 5 heteroatoms. The average molecular weight is 572 g/mol. The van der Waals surface area contributed by atoms with Crippen LogP contribution in [0, 0.1) is 11.3 Å². The second-order valence-corrected chi connectivity index (χ2v) is 12.4. The molecular formula is C37H30ClNO3. The van der Waals surface area contributed by atoms with Crippen LogP contribution in [0.1, 0.15) is 67.5 Å². The van der Waals surface area contributed by atoms with Crippen LogP contribution in [-0.2, 0) is 6.42 Å². The summed E-state index contributed by atoms with van der Waals surface area (Å²) in [4.78, 5) is 46.2. The number of para-hydroxylation sites is 1. The zero-order valence-corrected chi connectivity index (χ0v) is 24.2. The van der Waals surface area contributed by atoms with Gasteiger partial charge in [0.1, 0.15) is 11.5 Å². The molecule has 0 N–H and O–H groups in total. The quantitative estimate of drug-likeness (QED) is 0.181. The van der Waals surface area contributed by atoms with Gasteiger partial charge in [0.15, 0.2) is 17.3 Å². The summed E-state index contributed by atoms with van der Waals surface area (Å²) in [5.74, 6) is -0.830. The van der Waals surface area contributed by atoms with E-state index in [9.17, 15) is 14.4 Å². The molecule has 42 heavy (non-hydrogen) atoms. The van der Waals surface area contributed by atoms with Gasteiger partial charge in [-0.25, -0.2) is 0 Å². The van der Waals surface area contributed by atoms with E-state index in [0.29, 0.717) is 27.6 Å². The highest BCUT2D eigenvalue weighted by molar-refractivity contribution is 6.32. The van der Waals surface area contributed by atoms with Crippen molar-refractivity contribution in [2.24, 2.45) is 11.3 Å². The van der Waals surface area contributed by atoms with Crippen LogP contribution < -0.4 is 4.90 Å². The van der Waals surface area contributed by atoms with Gasteiger partial charge in [-0.05, 0) is 47.2 Å². The monoisotopic (exact) mass is 571 g/mol. The lowest BCUT2D eigenvalue weighted by Gasteiger charge is -2.37. The largest absolute Gasteiger partial charge is 0.352 e. The summed E-state index contributed by atoms with van der Waals surface area (Å²) in [5.41, 5.74) is 3.57. The second kappa shape index (κ2) is 9.92. The number of halogens is 1. The molecule has 3 atom stereocenters. The Morgan fingerprint density at radius 1 is 0.833 bits per heavy atom. The standard InChI is InChI=1S/C37H30ClNO3/c1-22(2)21-23-11-13-26(14-12-23)34(40)33-32(25-15-18-27(38)19-16-25)37(35(41)28-8-4-5-9-29(28)36(37)42)31-20-17-24-7-3-6-10-30(24)39(31)33/h3-20,22,31-33H,21H2,1-2H3/t31-,32-,33+/m0/s1. The third-order valence-electron chi connectivity index (χ3n) is 9.09. The zero-order valence-electron chi connectivity index (χ0n) is 23.5. The van der Waals surface area contributed by atoms with E-state index in [2.05, 4.69) is 13.8 Å². The molecule has 0 aromatic heterocycles. The zero-order chi connectivity index (χ0) is 29.2. The van der Waals surface area contributed by atoms with E-state index in [1.165, 1.54) is 5.56 Å². The lowest BCUT2D eigenvalue weighted by molar-refractivity contribution is 0.0666. The highest BCUT2D eigenvalue weighted by atomic mass is 35.5. The number of Topliss-reactive ketones (excluding diaryl/α,β-unsaturated/α-hetero) is 3. The number of anilines is 1. The molecule has 2 heterocycles. The number of rotatable bonds is 5. The Labute approximate surface area is 250 Å². The van der Waals surface area contributed by atoms with E-state index in [1.807, 2.05) is 77.7 Å². The average Bonchev–Trinajstić information content (AvgIpc) is 3.43. The van der Waals surface area contributed by atoms with Crippen LogP contribution in [0.2, 0.25) is 5.02 Å². The smallest absolute Gasteiger partial charge is 0.185 e. The van der Waals surface area contributed by atoms with Crippen LogP contribution in [0.5, 0.6) is 0 Å². The molecule has 4 nitrogen and oxygen atoms in total. The Balaban J connectivity index is 1.48. The predicted octanol–water partition coefficient (Wildman–Crippen LogP) is 7.85. The van der Waals surface area contributed by atoms with E-state index in [-0.39, 0.29) is 17.3 Å². The van der Waals surface area contributed by atoms with Crippen LogP contribution >= 0.6 is 11.6 Å². The topological polar surface area (TPSA) is 54.5 Å². The summed E-state index contributed by atoms with van der Waals surface area (Å²) < 4.78 is 0. The molecule has 3 aliphatic rings. The van der Waals surface area contributed by atoms with Gasteiger partial charge in [-0.1, -0.05) is 116 Å².